The fraction of sp³-hybridized carbons (Fsp3) is 0.458. The maximum atomic E-state index is 13.7. The molecule has 3 heteroatoms. The quantitative estimate of drug-likeness (QED) is 0.759. The second kappa shape index (κ2) is 5.85. The highest BCUT2D eigenvalue weighted by Crippen LogP contribution is 2.75. The molecule has 2 spiro atoms. The molecule has 2 aromatic carbocycles. The Morgan fingerprint density at radius 3 is 1.52 bits per heavy atom. The Balaban J connectivity index is 1.37. The van der Waals surface area contributed by atoms with E-state index in [1.807, 2.05) is 24.3 Å². The molecule has 0 heterocycles. The molecule has 0 amide bonds. The summed E-state index contributed by atoms with van der Waals surface area (Å²) in [7, 11) is 3.38. The molecule has 3 saturated carbocycles. The summed E-state index contributed by atoms with van der Waals surface area (Å²) in [4.78, 5) is 13.7. The van der Waals surface area contributed by atoms with Crippen LogP contribution in [-0.4, -0.2) is 20.0 Å². The molecular weight excluding hydrogens is 336 g/mol. The lowest BCUT2D eigenvalue weighted by Gasteiger charge is -2.30. The van der Waals surface area contributed by atoms with E-state index in [0.29, 0.717) is 17.6 Å². The largest absolute Gasteiger partial charge is 0.497 e. The molecule has 0 bridgehead atoms. The van der Waals surface area contributed by atoms with Crippen LogP contribution in [0.25, 0.3) is 0 Å². The zero-order valence-electron chi connectivity index (χ0n) is 16.0. The highest BCUT2D eigenvalue weighted by molar-refractivity contribution is 5.98. The fourth-order valence-electron chi connectivity index (χ4n) is 5.65. The summed E-state index contributed by atoms with van der Waals surface area (Å²) in [5.74, 6) is 3.08. The molecule has 3 fully saturated rings. The van der Waals surface area contributed by atoms with E-state index >= 15 is 0 Å². The van der Waals surface area contributed by atoms with Crippen molar-refractivity contribution < 1.29 is 14.3 Å². The van der Waals surface area contributed by atoms with Crippen molar-refractivity contribution in [1.82, 2.24) is 0 Å². The number of Topliss-reactive ketones (excluding diaryl/α,β-unsaturated/α-hetero) is 1. The van der Waals surface area contributed by atoms with E-state index in [1.165, 1.54) is 17.5 Å². The van der Waals surface area contributed by atoms with Crippen molar-refractivity contribution >= 4 is 5.78 Å². The molecule has 27 heavy (non-hydrogen) atoms. The molecule has 0 radical (unpaired) electrons. The Hall–Kier alpha value is -2.29. The first-order chi connectivity index (χ1) is 13.1. The summed E-state index contributed by atoms with van der Waals surface area (Å²) in [6.07, 6.45) is 5.33. The van der Waals surface area contributed by atoms with Gasteiger partial charge in [0, 0.05) is 10.8 Å². The maximum absolute atomic E-state index is 13.7. The molecular formula is C24H26O3. The summed E-state index contributed by atoms with van der Waals surface area (Å²) >= 11 is 0. The van der Waals surface area contributed by atoms with E-state index < -0.39 is 0 Å². The first-order valence-corrected chi connectivity index (χ1v) is 9.96. The summed E-state index contributed by atoms with van der Waals surface area (Å²) in [5, 5.41) is 0. The first kappa shape index (κ1) is 16.9. The van der Waals surface area contributed by atoms with Crippen LogP contribution in [-0.2, 0) is 4.79 Å². The number of rotatable bonds is 4. The summed E-state index contributed by atoms with van der Waals surface area (Å²) < 4.78 is 10.5. The summed E-state index contributed by atoms with van der Waals surface area (Å²) in [6.45, 7) is 0. The minimum Gasteiger partial charge on any atom is -0.497 e. The van der Waals surface area contributed by atoms with E-state index in [9.17, 15) is 4.79 Å². The van der Waals surface area contributed by atoms with Crippen molar-refractivity contribution in [3.63, 3.8) is 0 Å². The fourth-order valence-corrected chi connectivity index (χ4v) is 5.65. The third-order valence-corrected chi connectivity index (χ3v) is 7.34. The molecule has 140 valence electrons. The van der Waals surface area contributed by atoms with Crippen LogP contribution in [0.15, 0.2) is 48.5 Å². The van der Waals surface area contributed by atoms with Crippen LogP contribution in [0.4, 0.5) is 0 Å². The second-order valence-electron chi connectivity index (χ2n) is 8.55. The van der Waals surface area contributed by atoms with Gasteiger partial charge in [-0.1, -0.05) is 30.7 Å². The Kier molecular flexibility index (Phi) is 3.65. The lowest BCUT2D eigenvalue weighted by atomic mass is 9.72. The third-order valence-electron chi connectivity index (χ3n) is 7.34. The Bertz CT molecular complexity index is 798. The van der Waals surface area contributed by atoms with Crippen molar-refractivity contribution in [1.29, 1.82) is 0 Å². The smallest absolute Gasteiger partial charge is 0.146 e. The molecule has 0 aromatic heterocycles. The number of hydrogen-bond donors (Lipinski definition) is 0. The third kappa shape index (κ3) is 2.44. The summed E-state index contributed by atoms with van der Waals surface area (Å²) in [6, 6.07) is 16.6. The van der Waals surface area contributed by atoms with E-state index in [2.05, 4.69) is 24.3 Å². The van der Waals surface area contributed by atoms with Gasteiger partial charge < -0.3 is 9.47 Å². The molecule has 3 aliphatic rings. The van der Waals surface area contributed by atoms with Crippen LogP contribution in [0.5, 0.6) is 11.5 Å². The number of benzene rings is 2. The van der Waals surface area contributed by atoms with Crippen molar-refractivity contribution in [3.8, 4) is 11.5 Å². The minimum absolute atomic E-state index is 0.103. The molecule has 3 aliphatic carbocycles. The zero-order valence-corrected chi connectivity index (χ0v) is 16.0. The number of carbonyl (C=O) groups excluding carboxylic acids is 1. The highest BCUT2D eigenvalue weighted by Gasteiger charge is 2.72. The van der Waals surface area contributed by atoms with Gasteiger partial charge in [-0.05, 0) is 72.9 Å². The van der Waals surface area contributed by atoms with Crippen LogP contribution in [0, 0.1) is 10.8 Å². The highest BCUT2D eigenvalue weighted by atomic mass is 16.5. The van der Waals surface area contributed by atoms with Crippen molar-refractivity contribution in [2.75, 3.05) is 14.2 Å². The Labute approximate surface area is 160 Å². The molecule has 0 N–H and O–H groups in total. The number of methoxy groups -OCH3 is 2. The molecule has 4 atom stereocenters. The predicted octanol–water partition coefficient (Wildman–Crippen LogP) is 5.10. The lowest BCUT2D eigenvalue weighted by Crippen LogP contribution is -2.33. The average molecular weight is 362 g/mol. The number of ketones is 1. The van der Waals surface area contributed by atoms with Crippen molar-refractivity contribution in [3.05, 3.63) is 59.7 Å². The monoisotopic (exact) mass is 362 g/mol. The van der Waals surface area contributed by atoms with Crippen LogP contribution in [0.3, 0.4) is 0 Å². The summed E-state index contributed by atoms with van der Waals surface area (Å²) in [5.41, 5.74) is 2.38. The number of hydrogen-bond acceptors (Lipinski definition) is 3. The first-order valence-electron chi connectivity index (χ1n) is 9.96. The van der Waals surface area contributed by atoms with Gasteiger partial charge in [-0.25, -0.2) is 0 Å². The average Bonchev–Trinajstić information content (AvgIpc) is 3.62. The zero-order chi connectivity index (χ0) is 18.6. The Morgan fingerprint density at radius 1 is 0.741 bits per heavy atom. The van der Waals surface area contributed by atoms with Gasteiger partial charge in [-0.15, -0.1) is 0 Å². The van der Waals surface area contributed by atoms with E-state index in [0.717, 1.165) is 37.2 Å². The van der Waals surface area contributed by atoms with E-state index in [4.69, 9.17) is 9.47 Å². The lowest BCUT2D eigenvalue weighted by molar-refractivity contribution is -0.132. The molecule has 0 aliphatic heterocycles. The van der Waals surface area contributed by atoms with Gasteiger partial charge in [0.15, 0.2) is 0 Å². The molecule has 0 saturated heterocycles. The number of carbonyl (C=O) groups is 1. The molecule has 2 aromatic rings. The van der Waals surface area contributed by atoms with Gasteiger partial charge in [-0.2, -0.15) is 0 Å². The minimum atomic E-state index is -0.103. The van der Waals surface area contributed by atoms with Gasteiger partial charge in [-0.3, -0.25) is 4.79 Å². The maximum Gasteiger partial charge on any atom is 0.146 e. The normalized spacial score (nSPS) is 33.9. The van der Waals surface area contributed by atoms with Crippen LogP contribution in [0.1, 0.15) is 55.1 Å². The van der Waals surface area contributed by atoms with Gasteiger partial charge in [0.2, 0.25) is 0 Å². The SMILES string of the molecule is COc1ccc([C@H]2C[C@@]23CCC[C@@]2(C[C@H]2c2ccc(OC)cc2)C3=O)cc1. The molecule has 5 rings (SSSR count). The van der Waals surface area contributed by atoms with Gasteiger partial charge in [0.05, 0.1) is 14.2 Å². The van der Waals surface area contributed by atoms with E-state index in [-0.39, 0.29) is 10.8 Å². The van der Waals surface area contributed by atoms with Crippen LogP contribution in [0.2, 0.25) is 0 Å². The second-order valence-corrected chi connectivity index (χ2v) is 8.55. The standard InChI is InChI=1S/C24H26O3/c1-26-18-8-4-16(5-9-18)20-14-23(20)12-3-13-24(22(23)25)15-21(24)17-6-10-19(27-2)11-7-17/h4-11,20-21H,3,12-15H2,1-2H3/t20-,21+,23-,24-/m0/s1. The number of ether oxygens (including phenoxy) is 2. The molecule has 0 unspecified atom stereocenters. The van der Waals surface area contributed by atoms with Gasteiger partial charge >= 0.3 is 0 Å². The van der Waals surface area contributed by atoms with Gasteiger partial charge in [0.1, 0.15) is 17.3 Å². The van der Waals surface area contributed by atoms with E-state index in [1.54, 1.807) is 14.2 Å². The van der Waals surface area contributed by atoms with Crippen molar-refractivity contribution in [2.45, 2.75) is 43.9 Å². The van der Waals surface area contributed by atoms with Crippen molar-refractivity contribution in [2.24, 2.45) is 10.8 Å². The van der Waals surface area contributed by atoms with Gasteiger partial charge in [0.25, 0.3) is 0 Å². The topological polar surface area (TPSA) is 35.5 Å². The van der Waals surface area contributed by atoms with Crippen LogP contribution < -0.4 is 9.47 Å². The van der Waals surface area contributed by atoms with Crippen LogP contribution >= 0.6 is 0 Å². The Morgan fingerprint density at radius 2 is 1.15 bits per heavy atom. The molecule has 3 nitrogen and oxygen atoms in total. The predicted molar refractivity (Wildman–Crippen MR) is 104 cm³/mol.